The van der Waals surface area contributed by atoms with Crippen molar-refractivity contribution in [1.82, 2.24) is 10.2 Å². The van der Waals surface area contributed by atoms with Crippen LogP contribution in [0.1, 0.15) is 52.4 Å². The molecule has 0 aromatic carbocycles. The third-order valence-electron chi connectivity index (χ3n) is 5.43. The summed E-state index contributed by atoms with van der Waals surface area (Å²) in [7, 11) is 1.44. The van der Waals surface area contributed by atoms with E-state index in [1.54, 1.807) is 0 Å². The van der Waals surface area contributed by atoms with Gasteiger partial charge >= 0.3 is 5.97 Å². The first-order valence-electron chi connectivity index (χ1n) is 8.65. The Balaban J connectivity index is 1.80. The first-order chi connectivity index (χ1) is 10.5. The Labute approximate surface area is 133 Å². The van der Waals surface area contributed by atoms with E-state index in [2.05, 4.69) is 17.1 Å². The van der Waals surface area contributed by atoms with Crippen molar-refractivity contribution in [3.63, 3.8) is 0 Å². The Kier molecular flexibility index (Phi) is 6.24. The molecule has 1 aliphatic heterocycles. The van der Waals surface area contributed by atoms with Gasteiger partial charge in [0.1, 0.15) is 0 Å². The van der Waals surface area contributed by atoms with Gasteiger partial charge in [0.15, 0.2) is 0 Å². The number of carbonyl (C=O) groups excluding carboxylic acids is 2. The number of nitrogens with one attached hydrogen (secondary N) is 1. The molecule has 0 spiro atoms. The van der Waals surface area contributed by atoms with Gasteiger partial charge in [0.2, 0.25) is 5.91 Å². The minimum Gasteiger partial charge on any atom is -0.469 e. The highest BCUT2D eigenvalue weighted by molar-refractivity contribution is 5.81. The maximum absolute atomic E-state index is 12.5. The number of methoxy groups -OCH3 is 1. The Morgan fingerprint density at radius 3 is 2.36 bits per heavy atom. The molecule has 0 radical (unpaired) electrons. The molecule has 1 heterocycles. The van der Waals surface area contributed by atoms with Crippen LogP contribution in [0.25, 0.3) is 0 Å². The molecule has 22 heavy (non-hydrogen) atoms. The Morgan fingerprint density at radius 2 is 1.77 bits per heavy atom. The van der Waals surface area contributed by atoms with E-state index < -0.39 is 0 Å². The van der Waals surface area contributed by atoms with Crippen molar-refractivity contribution in [3.8, 4) is 0 Å². The molecule has 0 aromatic heterocycles. The molecule has 1 aliphatic carbocycles. The zero-order chi connectivity index (χ0) is 16.1. The molecule has 126 valence electrons. The van der Waals surface area contributed by atoms with Crippen molar-refractivity contribution < 1.29 is 14.3 Å². The first kappa shape index (κ1) is 17.3. The molecule has 1 amide bonds. The SMILES string of the molecule is COC(=O)C1CCN([C@H](C)C(=O)N[C@@H]2CCCC[C@H]2C)CC1. The number of likely N-dealkylation sites (tertiary alicyclic amines) is 1. The molecule has 0 unspecified atom stereocenters. The van der Waals surface area contributed by atoms with Gasteiger partial charge in [-0.2, -0.15) is 0 Å². The average molecular weight is 310 g/mol. The maximum Gasteiger partial charge on any atom is 0.308 e. The Bertz CT molecular complexity index is 391. The minimum atomic E-state index is -0.118. The fraction of sp³-hybridized carbons (Fsp3) is 0.882. The average Bonchev–Trinajstić information content (AvgIpc) is 2.55. The van der Waals surface area contributed by atoms with E-state index in [4.69, 9.17) is 4.74 Å². The molecule has 5 nitrogen and oxygen atoms in total. The highest BCUT2D eigenvalue weighted by Crippen LogP contribution is 2.24. The lowest BCUT2D eigenvalue weighted by Crippen LogP contribution is -2.52. The van der Waals surface area contributed by atoms with Gasteiger partial charge in [0, 0.05) is 6.04 Å². The number of carbonyl (C=O) groups is 2. The van der Waals surface area contributed by atoms with Crippen molar-refractivity contribution in [3.05, 3.63) is 0 Å². The van der Waals surface area contributed by atoms with Crippen LogP contribution in [0.2, 0.25) is 0 Å². The van der Waals surface area contributed by atoms with Crippen LogP contribution < -0.4 is 5.32 Å². The van der Waals surface area contributed by atoms with Gasteiger partial charge in [-0.05, 0) is 51.6 Å². The second-order valence-electron chi connectivity index (χ2n) is 6.89. The standard InChI is InChI=1S/C17H30N2O3/c1-12-6-4-5-7-15(12)18-16(20)13(2)19-10-8-14(9-11-19)17(21)22-3/h12-15H,4-11H2,1-3H3,(H,18,20)/t12-,13-,15-/m1/s1. The molecule has 1 saturated carbocycles. The van der Waals surface area contributed by atoms with Crippen LogP contribution in [0.15, 0.2) is 0 Å². The predicted molar refractivity (Wildman–Crippen MR) is 85.3 cm³/mol. The van der Waals surface area contributed by atoms with Crippen molar-refractivity contribution in [2.24, 2.45) is 11.8 Å². The molecular weight excluding hydrogens is 280 g/mol. The summed E-state index contributed by atoms with van der Waals surface area (Å²) in [5, 5.41) is 3.24. The summed E-state index contributed by atoms with van der Waals surface area (Å²) < 4.78 is 4.81. The number of nitrogens with zero attached hydrogens (tertiary/aromatic N) is 1. The molecule has 0 aromatic rings. The molecule has 0 bridgehead atoms. The van der Waals surface area contributed by atoms with Crippen molar-refractivity contribution in [2.75, 3.05) is 20.2 Å². The summed E-state index contributed by atoms with van der Waals surface area (Å²) in [4.78, 5) is 26.2. The van der Waals surface area contributed by atoms with Gasteiger partial charge in [-0.3, -0.25) is 14.5 Å². The number of ether oxygens (including phenoxy) is 1. The molecule has 2 fully saturated rings. The topological polar surface area (TPSA) is 58.6 Å². The Hall–Kier alpha value is -1.10. The van der Waals surface area contributed by atoms with E-state index in [0.29, 0.717) is 12.0 Å². The van der Waals surface area contributed by atoms with Crippen molar-refractivity contribution >= 4 is 11.9 Å². The molecule has 1 N–H and O–H groups in total. The van der Waals surface area contributed by atoms with Gasteiger partial charge in [-0.25, -0.2) is 0 Å². The summed E-state index contributed by atoms with van der Waals surface area (Å²) >= 11 is 0. The van der Waals surface area contributed by atoms with Crippen LogP contribution >= 0.6 is 0 Å². The van der Waals surface area contributed by atoms with Crippen LogP contribution in [-0.4, -0.2) is 49.1 Å². The highest BCUT2D eigenvalue weighted by Gasteiger charge is 2.31. The lowest BCUT2D eigenvalue weighted by Gasteiger charge is -2.36. The van der Waals surface area contributed by atoms with Crippen LogP contribution in [0.5, 0.6) is 0 Å². The molecular formula is C17H30N2O3. The number of esters is 1. The van der Waals surface area contributed by atoms with Crippen LogP contribution in [-0.2, 0) is 14.3 Å². The van der Waals surface area contributed by atoms with E-state index in [-0.39, 0.29) is 23.8 Å². The van der Waals surface area contributed by atoms with E-state index in [1.807, 2.05) is 6.92 Å². The second kappa shape index (κ2) is 7.95. The lowest BCUT2D eigenvalue weighted by atomic mass is 9.86. The summed E-state index contributed by atoms with van der Waals surface area (Å²) in [6.07, 6.45) is 6.38. The zero-order valence-corrected chi connectivity index (χ0v) is 14.1. The smallest absolute Gasteiger partial charge is 0.308 e. The highest BCUT2D eigenvalue weighted by atomic mass is 16.5. The van der Waals surface area contributed by atoms with Gasteiger partial charge in [0.25, 0.3) is 0 Å². The fourth-order valence-electron chi connectivity index (χ4n) is 3.69. The fourth-order valence-corrected chi connectivity index (χ4v) is 3.69. The largest absolute Gasteiger partial charge is 0.469 e. The second-order valence-corrected chi connectivity index (χ2v) is 6.89. The van der Waals surface area contributed by atoms with E-state index in [1.165, 1.54) is 26.4 Å². The quantitative estimate of drug-likeness (QED) is 0.806. The van der Waals surface area contributed by atoms with Crippen LogP contribution in [0.4, 0.5) is 0 Å². The third-order valence-corrected chi connectivity index (χ3v) is 5.43. The summed E-state index contributed by atoms with van der Waals surface area (Å²) in [5.74, 6) is 0.591. The summed E-state index contributed by atoms with van der Waals surface area (Å²) in [6, 6.07) is 0.212. The van der Waals surface area contributed by atoms with Crippen molar-refractivity contribution in [1.29, 1.82) is 0 Å². The normalized spacial score (nSPS) is 28.9. The molecule has 2 aliphatic rings. The molecule has 3 atom stereocenters. The molecule has 2 rings (SSSR count). The number of amides is 1. The lowest BCUT2D eigenvalue weighted by molar-refractivity contribution is -0.147. The number of rotatable bonds is 4. The monoisotopic (exact) mass is 310 g/mol. The first-order valence-corrected chi connectivity index (χ1v) is 8.65. The minimum absolute atomic E-state index is 0.00474. The van der Waals surface area contributed by atoms with Gasteiger partial charge < -0.3 is 10.1 Å². The van der Waals surface area contributed by atoms with E-state index >= 15 is 0 Å². The molecule has 1 saturated heterocycles. The number of hydrogen-bond acceptors (Lipinski definition) is 4. The summed E-state index contributed by atoms with van der Waals surface area (Å²) in [5.41, 5.74) is 0. The van der Waals surface area contributed by atoms with Gasteiger partial charge in [-0.15, -0.1) is 0 Å². The zero-order valence-electron chi connectivity index (χ0n) is 14.1. The maximum atomic E-state index is 12.5. The van der Waals surface area contributed by atoms with E-state index in [0.717, 1.165) is 32.4 Å². The van der Waals surface area contributed by atoms with Gasteiger partial charge in [-0.1, -0.05) is 19.8 Å². The van der Waals surface area contributed by atoms with Crippen LogP contribution in [0, 0.1) is 11.8 Å². The predicted octanol–water partition coefficient (Wildman–Crippen LogP) is 1.95. The third kappa shape index (κ3) is 4.22. The van der Waals surface area contributed by atoms with Crippen LogP contribution in [0.3, 0.4) is 0 Å². The number of hydrogen-bond donors (Lipinski definition) is 1. The van der Waals surface area contributed by atoms with E-state index in [9.17, 15) is 9.59 Å². The number of piperidine rings is 1. The summed E-state index contributed by atoms with van der Waals surface area (Å²) in [6.45, 7) is 5.78. The van der Waals surface area contributed by atoms with Gasteiger partial charge in [0.05, 0.1) is 19.1 Å². The molecule has 5 heteroatoms. The van der Waals surface area contributed by atoms with Crippen molar-refractivity contribution in [2.45, 2.75) is 64.5 Å². The Morgan fingerprint density at radius 1 is 1.14 bits per heavy atom.